The number of rotatable bonds is 3. The molecule has 4 aromatic rings. The van der Waals surface area contributed by atoms with E-state index >= 15 is 0 Å². The van der Waals surface area contributed by atoms with Crippen molar-refractivity contribution in [1.82, 2.24) is 14.5 Å². The van der Waals surface area contributed by atoms with Gasteiger partial charge >= 0.3 is 6.18 Å². The number of pyridine rings is 1. The summed E-state index contributed by atoms with van der Waals surface area (Å²) in [5.41, 5.74) is 5.17. The highest BCUT2D eigenvalue weighted by atomic mass is 19.4. The minimum Gasteiger partial charge on any atom is -0.348 e. The Bertz CT molecular complexity index is 1450. The quantitative estimate of drug-likeness (QED) is 0.313. The largest absolute Gasteiger partial charge is 0.416 e. The van der Waals surface area contributed by atoms with Gasteiger partial charge in [-0.2, -0.15) is 13.2 Å². The zero-order chi connectivity index (χ0) is 25.6. The number of likely N-dealkylation sites (tertiary alicyclic amines) is 1. The summed E-state index contributed by atoms with van der Waals surface area (Å²) in [7, 11) is 2.03. The maximum absolute atomic E-state index is 13.4. The molecule has 1 atom stereocenters. The van der Waals surface area contributed by atoms with Crippen LogP contribution in [-0.4, -0.2) is 33.4 Å². The number of piperidine rings is 1. The number of carbonyl (C=O) groups is 1. The number of aromatic nitrogens is 2. The molecule has 1 saturated heterocycles. The Hall–Kier alpha value is -3.61. The molecule has 0 bridgehead atoms. The highest BCUT2D eigenvalue weighted by molar-refractivity contribution is 5.99. The third kappa shape index (κ3) is 4.38. The Labute approximate surface area is 208 Å². The number of alkyl halides is 3. The average Bonchev–Trinajstić information content (AvgIpc) is 3.11. The van der Waals surface area contributed by atoms with Crippen molar-refractivity contribution in [2.45, 2.75) is 38.8 Å². The van der Waals surface area contributed by atoms with Crippen LogP contribution in [0.1, 0.15) is 51.6 Å². The van der Waals surface area contributed by atoms with Crippen LogP contribution >= 0.6 is 0 Å². The molecule has 1 aliphatic heterocycles. The van der Waals surface area contributed by atoms with Gasteiger partial charge in [-0.3, -0.25) is 9.78 Å². The number of halogens is 3. The fraction of sp³-hybridized carbons (Fsp3) is 0.310. The number of amides is 1. The summed E-state index contributed by atoms with van der Waals surface area (Å²) >= 11 is 0. The fourth-order valence-corrected chi connectivity index (χ4v) is 5.17. The Kier molecular flexibility index (Phi) is 6.10. The van der Waals surface area contributed by atoms with Crippen LogP contribution in [-0.2, 0) is 13.2 Å². The second-order valence-electron chi connectivity index (χ2n) is 9.62. The molecule has 2 aromatic heterocycles. The van der Waals surface area contributed by atoms with Crippen molar-refractivity contribution in [2.75, 3.05) is 13.1 Å². The lowest BCUT2D eigenvalue weighted by Gasteiger charge is -2.32. The van der Waals surface area contributed by atoms with Gasteiger partial charge < -0.3 is 9.47 Å². The third-order valence-electron chi connectivity index (χ3n) is 7.44. The van der Waals surface area contributed by atoms with Gasteiger partial charge in [0, 0.05) is 59.5 Å². The first-order valence-corrected chi connectivity index (χ1v) is 12.1. The molecule has 36 heavy (non-hydrogen) atoms. The van der Waals surface area contributed by atoms with Crippen LogP contribution in [0.3, 0.4) is 0 Å². The van der Waals surface area contributed by atoms with Crippen LogP contribution in [0.25, 0.3) is 22.2 Å². The molecule has 4 nitrogen and oxygen atoms in total. The van der Waals surface area contributed by atoms with Gasteiger partial charge in [0.25, 0.3) is 5.91 Å². The Morgan fingerprint density at radius 1 is 1.03 bits per heavy atom. The molecular weight excluding hydrogens is 463 g/mol. The molecular formula is C29H28F3N3O. The maximum Gasteiger partial charge on any atom is 0.416 e. The van der Waals surface area contributed by atoms with Crippen LogP contribution in [0, 0.1) is 13.8 Å². The summed E-state index contributed by atoms with van der Waals surface area (Å²) in [6.45, 7) is 5.36. The van der Waals surface area contributed by atoms with Crippen molar-refractivity contribution in [1.29, 1.82) is 0 Å². The van der Waals surface area contributed by atoms with Crippen molar-refractivity contribution in [3.8, 4) is 11.3 Å². The van der Waals surface area contributed by atoms with Gasteiger partial charge in [-0.15, -0.1) is 0 Å². The van der Waals surface area contributed by atoms with Crippen molar-refractivity contribution in [3.05, 3.63) is 88.7 Å². The van der Waals surface area contributed by atoms with Gasteiger partial charge in [0.15, 0.2) is 0 Å². The second-order valence-corrected chi connectivity index (χ2v) is 9.62. The van der Waals surface area contributed by atoms with Gasteiger partial charge in [0.1, 0.15) is 0 Å². The van der Waals surface area contributed by atoms with E-state index in [2.05, 4.69) is 18.4 Å². The van der Waals surface area contributed by atoms with Crippen LogP contribution < -0.4 is 0 Å². The first-order valence-electron chi connectivity index (χ1n) is 12.1. The number of carbonyl (C=O) groups excluding carboxylic acids is 1. The molecule has 0 spiro atoms. The maximum atomic E-state index is 13.4. The van der Waals surface area contributed by atoms with Crippen LogP contribution in [0.15, 0.2) is 60.7 Å². The molecule has 1 amide bonds. The lowest BCUT2D eigenvalue weighted by molar-refractivity contribution is -0.137. The number of aryl methyl sites for hydroxylation is 2. The van der Waals surface area contributed by atoms with Gasteiger partial charge in [0.05, 0.1) is 11.3 Å². The lowest BCUT2D eigenvalue weighted by atomic mass is 9.93. The summed E-state index contributed by atoms with van der Waals surface area (Å²) in [6, 6.07) is 16.6. The predicted molar refractivity (Wildman–Crippen MR) is 135 cm³/mol. The molecule has 0 N–H and O–H groups in total. The smallest absolute Gasteiger partial charge is 0.348 e. The summed E-state index contributed by atoms with van der Waals surface area (Å²) in [4.78, 5) is 20.0. The molecule has 7 heteroatoms. The van der Waals surface area contributed by atoms with Gasteiger partial charge in [-0.25, -0.2) is 0 Å². The fourth-order valence-electron chi connectivity index (χ4n) is 5.17. The monoisotopic (exact) mass is 491 g/mol. The second kappa shape index (κ2) is 9.12. The zero-order valence-electron chi connectivity index (χ0n) is 20.6. The minimum absolute atomic E-state index is 0.00320. The molecule has 1 unspecified atom stereocenters. The summed E-state index contributed by atoms with van der Waals surface area (Å²) in [5, 5.41) is 1.09. The van der Waals surface area contributed by atoms with E-state index in [1.807, 2.05) is 42.3 Å². The lowest BCUT2D eigenvalue weighted by Crippen LogP contribution is -2.39. The third-order valence-corrected chi connectivity index (χ3v) is 7.44. The molecule has 3 heterocycles. The molecule has 0 radical (unpaired) electrons. The minimum atomic E-state index is -4.40. The summed E-state index contributed by atoms with van der Waals surface area (Å²) in [5.74, 6) is 0.0226. The van der Waals surface area contributed by atoms with E-state index in [4.69, 9.17) is 4.98 Å². The van der Waals surface area contributed by atoms with Crippen molar-refractivity contribution in [2.24, 2.45) is 7.05 Å². The highest BCUT2D eigenvalue weighted by Crippen LogP contribution is 2.33. The van der Waals surface area contributed by atoms with Gasteiger partial charge in [0.2, 0.25) is 0 Å². The molecule has 0 aliphatic carbocycles. The first-order chi connectivity index (χ1) is 17.1. The van der Waals surface area contributed by atoms with E-state index in [0.717, 1.165) is 41.6 Å². The number of hydrogen-bond acceptors (Lipinski definition) is 2. The number of hydrogen-bond donors (Lipinski definition) is 0. The molecule has 0 saturated carbocycles. The molecule has 2 aromatic carbocycles. The van der Waals surface area contributed by atoms with E-state index < -0.39 is 11.7 Å². The number of nitrogens with zero attached hydrogens (tertiary/aromatic N) is 3. The highest BCUT2D eigenvalue weighted by Gasteiger charge is 2.31. The van der Waals surface area contributed by atoms with Crippen molar-refractivity contribution >= 4 is 16.8 Å². The topological polar surface area (TPSA) is 38.1 Å². The van der Waals surface area contributed by atoms with Gasteiger partial charge in [-0.1, -0.05) is 18.2 Å². The number of fused-ring (bicyclic) bond motifs is 1. The van der Waals surface area contributed by atoms with Gasteiger partial charge in [-0.05, 0) is 74.7 Å². The Balaban J connectivity index is 1.38. The summed E-state index contributed by atoms with van der Waals surface area (Å²) < 4.78 is 41.7. The van der Waals surface area contributed by atoms with Crippen LogP contribution in [0.5, 0.6) is 0 Å². The normalized spacial score (nSPS) is 16.5. The first kappa shape index (κ1) is 24.1. The predicted octanol–water partition coefficient (Wildman–Crippen LogP) is 6.90. The van der Waals surface area contributed by atoms with E-state index in [1.165, 1.54) is 17.3 Å². The Morgan fingerprint density at radius 3 is 2.58 bits per heavy atom. The van der Waals surface area contributed by atoms with E-state index in [9.17, 15) is 18.0 Å². The zero-order valence-corrected chi connectivity index (χ0v) is 20.6. The van der Waals surface area contributed by atoms with Crippen molar-refractivity contribution in [3.63, 3.8) is 0 Å². The van der Waals surface area contributed by atoms with Crippen molar-refractivity contribution < 1.29 is 18.0 Å². The molecule has 186 valence electrons. The van der Waals surface area contributed by atoms with Crippen LogP contribution in [0.2, 0.25) is 0 Å². The number of benzene rings is 2. The van der Waals surface area contributed by atoms with E-state index in [0.29, 0.717) is 29.9 Å². The van der Waals surface area contributed by atoms with Crippen LogP contribution in [0.4, 0.5) is 13.2 Å². The Morgan fingerprint density at radius 2 is 1.81 bits per heavy atom. The molecule has 5 rings (SSSR count). The summed E-state index contributed by atoms with van der Waals surface area (Å²) in [6.07, 6.45) is -2.69. The standard InChI is InChI=1S/C29H28F3N3O/c1-18-19(2)34(3)27-13-12-21(16-24(18)27)28(36)35-14-6-8-22(17-35)26-11-5-10-25(33-26)20-7-4-9-23(15-20)29(30,31)32/h4-5,7,9-13,15-16,22H,6,8,14,17H2,1-3H3. The molecule has 1 aliphatic rings. The SMILES string of the molecule is Cc1c(C)n(C)c2ccc(C(=O)N3CCCC(c4cccc(-c5cccc(C(F)(F)F)c5)n4)C3)cc12. The van der Waals surface area contributed by atoms with E-state index in [-0.39, 0.29) is 11.8 Å². The molecule has 1 fully saturated rings. The average molecular weight is 492 g/mol. The van der Waals surface area contributed by atoms with E-state index in [1.54, 1.807) is 12.1 Å².